The van der Waals surface area contributed by atoms with Gasteiger partial charge in [-0.2, -0.15) is 13.1 Å². The second-order valence-corrected chi connectivity index (χ2v) is 4.93. The number of hydrogen-bond donors (Lipinski definition) is 0. The third-order valence-electron chi connectivity index (χ3n) is 1.47. The summed E-state index contributed by atoms with van der Waals surface area (Å²) in [6, 6.07) is -0.469. The van der Waals surface area contributed by atoms with E-state index in [1.165, 1.54) is 6.92 Å². The van der Waals surface area contributed by atoms with Crippen molar-refractivity contribution in [2.45, 2.75) is 18.7 Å². The Morgan fingerprint density at radius 3 is 2.17 bits per heavy atom. The first-order chi connectivity index (χ1) is 5.34. The van der Waals surface area contributed by atoms with Crippen molar-refractivity contribution in [1.82, 2.24) is 4.31 Å². The average Bonchev–Trinajstić information content (AvgIpc) is 2.01. The summed E-state index contributed by atoms with van der Waals surface area (Å²) in [5.41, 5.74) is 0. The summed E-state index contributed by atoms with van der Waals surface area (Å²) >= 11 is 3.01. The molecule has 74 valence electrons. The number of rotatable bonds is 4. The lowest BCUT2D eigenvalue weighted by molar-refractivity contribution is 0.219. The Morgan fingerprint density at radius 1 is 1.50 bits per heavy atom. The summed E-state index contributed by atoms with van der Waals surface area (Å²) in [6.07, 6.45) is 0. The standard InChI is InChI=1S/C5H10BrF2NO2S/c1-4(3-6)9(2)12(10,11)5(7)8/h4-5H,3H2,1-2H3. The number of halogens is 3. The molecule has 0 aliphatic rings. The van der Waals surface area contributed by atoms with Crippen LogP contribution in [0.25, 0.3) is 0 Å². The maximum atomic E-state index is 11.9. The van der Waals surface area contributed by atoms with Crippen LogP contribution in [0.5, 0.6) is 0 Å². The first kappa shape index (κ1) is 12.2. The molecule has 0 aromatic rings. The van der Waals surface area contributed by atoms with Gasteiger partial charge in [0.05, 0.1) is 0 Å². The summed E-state index contributed by atoms with van der Waals surface area (Å²) in [5.74, 6) is -3.34. The smallest absolute Gasteiger partial charge is 0.206 e. The van der Waals surface area contributed by atoms with Crippen molar-refractivity contribution in [3.63, 3.8) is 0 Å². The number of alkyl halides is 3. The van der Waals surface area contributed by atoms with Crippen LogP contribution in [-0.2, 0) is 10.0 Å². The number of hydrogen-bond acceptors (Lipinski definition) is 2. The van der Waals surface area contributed by atoms with E-state index in [2.05, 4.69) is 15.9 Å². The quantitative estimate of drug-likeness (QED) is 0.718. The zero-order chi connectivity index (χ0) is 9.94. The van der Waals surface area contributed by atoms with Crippen molar-refractivity contribution in [3.8, 4) is 0 Å². The molecule has 7 heteroatoms. The molecule has 0 amide bonds. The van der Waals surface area contributed by atoms with Gasteiger partial charge < -0.3 is 0 Å². The van der Waals surface area contributed by atoms with Gasteiger partial charge in [-0.1, -0.05) is 15.9 Å². The minimum absolute atomic E-state index is 0.329. The highest BCUT2D eigenvalue weighted by atomic mass is 79.9. The summed E-state index contributed by atoms with van der Waals surface area (Å²) in [7, 11) is -3.29. The molecular formula is C5H10BrF2NO2S. The van der Waals surface area contributed by atoms with E-state index in [0.717, 1.165) is 7.05 Å². The van der Waals surface area contributed by atoms with Crippen LogP contribution in [0.3, 0.4) is 0 Å². The molecular weight excluding hydrogens is 256 g/mol. The van der Waals surface area contributed by atoms with Crippen LogP contribution in [-0.4, -0.2) is 36.9 Å². The molecule has 1 unspecified atom stereocenters. The van der Waals surface area contributed by atoms with Gasteiger partial charge in [-0.25, -0.2) is 8.42 Å². The highest BCUT2D eigenvalue weighted by Gasteiger charge is 2.31. The van der Waals surface area contributed by atoms with Gasteiger partial charge in [-0.15, -0.1) is 0 Å². The summed E-state index contributed by atoms with van der Waals surface area (Å²) in [4.78, 5) is 0. The molecule has 3 nitrogen and oxygen atoms in total. The van der Waals surface area contributed by atoms with Gasteiger partial charge in [0.25, 0.3) is 10.0 Å². The van der Waals surface area contributed by atoms with Crippen LogP contribution in [0.1, 0.15) is 6.92 Å². The Balaban J connectivity index is 4.58. The van der Waals surface area contributed by atoms with Gasteiger partial charge in [0, 0.05) is 18.4 Å². The van der Waals surface area contributed by atoms with E-state index in [4.69, 9.17) is 0 Å². The van der Waals surface area contributed by atoms with Gasteiger partial charge in [0.2, 0.25) is 0 Å². The maximum absolute atomic E-state index is 11.9. The Morgan fingerprint density at radius 2 is 1.92 bits per heavy atom. The summed E-state index contributed by atoms with van der Waals surface area (Å²) < 4.78 is 46.1. The molecule has 0 aromatic carbocycles. The van der Waals surface area contributed by atoms with E-state index < -0.39 is 21.8 Å². The molecule has 0 aliphatic heterocycles. The predicted octanol–water partition coefficient (Wildman–Crippen LogP) is 1.25. The molecule has 0 spiro atoms. The minimum atomic E-state index is -4.42. The molecule has 12 heavy (non-hydrogen) atoms. The third kappa shape index (κ3) is 2.63. The normalized spacial score (nSPS) is 15.6. The summed E-state index contributed by atoms with van der Waals surface area (Å²) in [6.45, 7) is 1.54. The van der Waals surface area contributed by atoms with Crippen LogP contribution >= 0.6 is 15.9 Å². The third-order valence-corrected chi connectivity index (χ3v) is 4.02. The molecule has 0 N–H and O–H groups in total. The Hall–Kier alpha value is 0.250. The van der Waals surface area contributed by atoms with Crippen molar-refractivity contribution in [2.24, 2.45) is 0 Å². The Bertz CT molecular complexity index is 232. The molecule has 0 saturated heterocycles. The monoisotopic (exact) mass is 265 g/mol. The lowest BCUT2D eigenvalue weighted by Crippen LogP contribution is -2.39. The van der Waals surface area contributed by atoms with E-state index in [1.807, 2.05) is 0 Å². The van der Waals surface area contributed by atoms with Crippen molar-refractivity contribution in [1.29, 1.82) is 0 Å². The van der Waals surface area contributed by atoms with E-state index in [9.17, 15) is 17.2 Å². The Labute approximate surface area is 78.9 Å². The second-order valence-electron chi connectivity index (χ2n) is 2.33. The largest absolute Gasteiger partial charge is 0.350 e. The second kappa shape index (κ2) is 4.48. The molecule has 0 saturated carbocycles. The summed E-state index contributed by atoms with van der Waals surface area (Å²) in [5, 5.41) is 0.329. The van der Waals surface area contributed by atoms with E-state index in [0.29, 0.717) is 9.64 Å². The fourth-order valence-corrected chi connectivity index (χ4v) is 1.93. The molecule has 0 aliphatic carbocycles. The molecule has 0 rings (SSSR count). The van der Waals surface area contributed by atoms with Gasteiger partial charge in [0.15, 0.2) is 0 Å². The van der Waals surface area contributed by atoms with Crippen LogP contribution < -0.4 is 0 Å². The zero-order valence-corrected chi connectivity index (χ0v) is 9.07. The number of sulfonamides is 1. The first-order valence-electron chi connectivity index (χ1n) is 3.15. The van der Waals surface area contributed by atoms with Gasteiger partial charge in [0.1, 0.15) is 0 Å². The lowest BCUT2D eigenvalue weighted by atomic mass is 10.4. The molecule has 0 fully saturated rings. The first-order valence-corrected chi connectivity index (χ1v) is 5.77. The van der Waals surface area contributed by atoms with E-state index in [1.54, 1.807) is 0 Å². The predicted molar refractivity (Wildman–Crippen MR) is 45.9 cm³/mol. The van der Waals surface area contributed by atoms with Crippen molar-refractivity contribution in [2.75, 3.05) is 12.4 Å². The molecule has 0 bridgehead atoms. The molecule has 0 radical (unpaired) electrons. The van der Waals surface area contributed by atoms with Crippen LogP contribution in [0.2, 0.25) is 0 Å². The lowest BCUT2D eigenvalue weighted by Gasteiger charge is -2.21. The average molecular weight is 266 g/mol. The van der Waals surface area contributed by atoms with E-state index >= 15 is 0 Å². The highest BCUT2D eigenvalue weighted by molar-refractivity contribution is 9.09. The van der Waals surface area contributed by atoms with Gasteiger partial charge in [-0.05, 0) is 6.92 Å². The molecule has 1 atom stereocenters. The topological polar surface area (TPSA) is 37.4 Å². The van der Waals surface area contributed by atoms with Crippen molar-refractivity contribution >= 4 is 26.0 Å². The fourth-order valence-electron chi connectivity index (χ4n) is 0.474. The molecule has 0 aromatic heterocycles. The fraction of sp³-hybridized carbons (Fsp3) is 1.00. The molecule has 0 heterocycles. The minimum Gasteiger partial charge on any atom is -0.206 e. The van der Waals surface area contributed by atoms with Crippen LogP contribution in [0.15, 0.2) is 0 Å². The number of nitrogens with zero attached hydrogens (tertiary/aromatic N) is 1. The maximum Gasteiger partial charge on any atom is 0.350 e. The highest BCUT2D eigenvalue weighted by Crippen LogP contribution is 2.13. The van der Waals surface area contributed by atoms with Gasteiger partial charge in [-0.3, -0.25) is 0 Å². The zero-order valence-electron chi connectivity index (χ0n) is 6.67. The van der Waals surface area contributed by atoms with Gasteiger partial charge >= 0.3 is 5.76 Å². The SMILES string of the molecule is CC(CBr)N(C)S(=O)(=O)C(F)F. The van der Waals surface area contributed by atoms with Crippen molar-refractivity contribution in [3.05, 3.63) is 0 Å². The van der Waals surface area contributed by atoms with E-state index in [-0.39, 0.29) is 0 Å². The Kier molecular flexibility index (Phi) is 4.57. The van der Waals surface area contributed by atoms with Crippen molar-refractivity contribution < 1.29 is 17.2 Å². The van der Waals surface area contributed by atoms with Crippen LogP contribution in [0.4, 0.5) is 8.78 Å². The van der Waals surface area contributed by atoms with Crippen LogP contribution in [0, 0.1) is 0 Å².